The molecule has 0 saturated carbocycles. The fraction of sp³-hybridized carbons (Fsp3) is 0.909. The zero-order valence-corrected chi connectivity index (χ0v) is 10.4. The Balaban J connectivity index is 0.00000128. The molecule has 0 aliphatic carbocycles. The van der Waals surface area contributed by atoms with Gasteiger partial charge >= 0.3 is 0 Å². The lowest BCUT2D eigenvalue weighted by Crippen LogP contribution is -2.38. The van der Waals surface area contributed by atoms with Crippen LogP contribution in [0.5, 0.6) is 0 Å². The summed E-state index contributed by atoms with van der Waals surface area (Å²) in [4.78, 5) is 11.7. The smallest absolute Gasteiger partial charge is 0.225 e. The van der Waals surface area contributed by atoms with E-state index in [0.717, 1.165) is 39.1 Å². The second kappa shape index (κ2) is 7.09. The summed E-state index contributed by atoms with van der Waals surface area (Å²) in [6.07, 6.45) is 3.18. The van der Waals surface area contributed by atoms with Gasteiger partial charge in [0, 0.05) is 13.2 Å². The topological polar surface area (TPSA) is 50.4 Å². The summed E-state index contributed by atoms with van der Waals surface area (Å²) < 4.78 is 5.30. The van der Waals surface area contributed by atoms with Crippen LogP contribution < -0.4 is 10.6 Å². The lowest BCUT2D eigenvalue weighted by Gasteiger charge is -2.22. The maximum atomic E-state index is 11.7. The van der Waals surface area contributed by atoms with Gasteiger partial charge < -0.3 is 15.4 Å². The number of amides is 1. The number of hydrogen-bond acceptors (Lipinski definition) is 3. The number of rotatable bonds is 3. The monoisotopic (exact) mass is 248 g/mol. The van der Waals surface area contributed by atoms with Crippen molar-refractivity contribution in [2.24, 2.45) is 11.8 Å². The van der Waals surface area contributed by atoms with Crippen LogP contribution in [0.2, 0.25) is 0 Å². The Labute approximate surface area is 103 Å². The first kappa shape index (κ1) is 13.7. The molecule has 2 unspecified atom stereocenters. The highest BCUT2D eigenvalue weighted by Crippen LogP contribution is 2.14. The van der Waals surface area contributed by atoms with Crippen LogP contribution in [-0.4, -0.2) is 38.8 Å². The molecule has 2 heterocycles. The third kappa shape index (κ3) is 3.92. The van der Waals surface area contributed by atoms with Crippen molar-refractivity contribution in [3.05, 3.63) is 0 Å². The largest absolute Gasteiger partial charge is 0.381 e. The summed E-state index contributed by atoms with van der Waals surface area (Å²) in [6.45, 7) is 4.38. The summed E-state index contributed by atoms with van der Waals surface area (Å²) in [5.41, 5.74) is 0. The van der Waals surface area contributed by atoms with Gasteiger partial charge in [0.05, 0.1) is 12.5 Å². The Morgan fingerprint density at radius 2 is 2.31 bits per heavy atom. The number of ether oxygens (including phenoxy) is 1. The lowest BCUT2D eigenvalue weighted by molar-refractivity contribution is -0.129. The Kier molecular flexibility index (Phi) is 6.09. The molecule has 2 fully saturated rings. The van der Waals surface area contributed by atoms with Crippen LogP contribution >= 0.6 is 12.4 Å². The highest BCUT2D eigenvalue weighted by Gasteiger charge is 2.22. The molecule has 2 aliphatic rings. The summed E-state index contributed by atoms with van der Waals surface area (Å²) in [5, 5.41) is 6.33. The molecule has 2 atom stereocenters. The predicted octanol–water partition coefficient (Wildman–Crippen LogP) is 0.560. The molecule has 0 aromatic heterocycles. The van der Waals surface area contributed by atoms with Crippen LogP contribution in [-0.2, 0) is 9.53 Å². The Morgan fingerprint density at radius 1 is 1.44 bits per heavy atom. The van der Waals surface area contributed by atoms with Crippen molar-refractivity contribution in [3.63, 3.8) is 0 Å². The third-order valence-electron chi connectivity index (χ3n) is 3.26. The number of carbonyl (C=O) groups excluding carboxylic acids is 1. The second-order valence-electron chi connectivity index (χ2n) is 4.52. The zero-order valence-electron chi connectivity index (χ0n) is 9.54. The number of hydrogen-bond donors (Lipinski definition) is 2. The second-order valence-corrected chi connectivity index (χ2v) is 4.52. The first-order valence-electron chi connectivity index (χ1n) is 5.92. The van der Waals surface area contributed by atoms with Crippen LogP contribution in [0.15, 0.2) is 0 Å². The molecule has 2 aliphatic heterocycles. The van der Waals surface area contributed by atoms with E-state index in [1.807, 2.05) is 0 Å². The van der Waals surface area contributed by atoms with Gasteiger partial charge in [-0.15, -0.1) is 12.4 Å². The molecule has 94 valence electrons. The van der Waals surface area contributed by atoms with Gasteiger partial charge in [-0.25, -0.2) is 0 Å². The predicted molar refractivity (Wildman–Crippen MR) is 64.8 cm³/mol. The maximum Gasteiger partial charge on any atom is 0.225 e. The molecule has 1 amide bonds. The number of nitrogens with one attached hydrogen (secondary N) is 2. The average Bonchev–Trinajstić information content (AvgIpc) is 2.80. The first-order valence-corrected chi connectivity index (χ1v) is 5.92. The summed E-state index contributed by atoms with van der Waals surface area (Å²) in [6, 6.07) is 0. The molecule has 0 aromatic carbocycles. The van der Waals surface area contributed by atoms with Gasteiger partial charge in [-0.05, 0) is 38.3 Å². The Morgan fingerprint density at radius 3 is 2.94 bits per heavy atom. The molecular weight excluding hydrogens is 228 g/mol. The lowest BCUT2D eigenvalue weighted by atomic mass is 10.0. The quantitative estimate of drug-likeness (QED) is 0.768. The highest BCUT2D eigenvalue weighted by molar-refractivity contribution is 5.85. The van der Waals surface area contributed by atoms with Gasteiger partial charge in [0.2, 0.25) is 5.91 Å². The van der Waals surface area contributed by atoms with Crippen LogP contribution in [0.25, 0.3) is 0 Å². The van der Waals surface area contributed by atoms with Crippen LogP contribution in [0.1, 0.15) is 19.3 Å². The highest BCUT2D eigenvalue weighted by atomic mass is 35.5. The summed E-state index contributed by atoms with van der Waals surface area (Å²) in [5.74, 6) is 0.896. The van der Waals surface area contributed by atoms with Gasteiger partial charge in [0.1, 0.15) is 0 Å². The molecule has 0 spiro atoms. The summed E-state index contributed by atoms with van der Waals surface area (Å²) in [7, 11) is 0. The molecule has 2 saturated heterocycles. The van der Waals surface area contributed by atoms with Crippen molar-refractivity contribution >= 4 is 18.3 Å². The van der Waals surface area contributed by atoms with Gasteiger partial charge in [-0.2, -0.15) is 0 Å². The van der Waals surface area contributed by atoms with Crippen LogP contribution in [0, 0.1) is 11.8 Å². The number of halogens is 1. The van der Waals surface area contributed by atoms with Crippen molar-refractivity contribution in [1.82, 2.24) is 10.6 Å². The van der Waals surface area contributed by atoms with Gasteiger partial charge in [-0.1, -0.05) is 0 Å². The molecule has 4 nitrogen and oxygen atoms in total. The van der Waals surface area contributed by atoms with E-state index in [0.29, 0.717) is 12.5 Å². The molecule has 0 aromatic rings. The van der Waals surface area contributed by atoms with E-state index in [1.54, 1.807) is 0 Å². The SMILES string of the molecule is Cl.O=C(NCC1CCNC1)C1CCCOC1. The van der Waals surface area contributed by atoms with Crippen molar-refractivity contribution in [2.75, 3.05) is 32.8 Å². The molecule has 2 rings (SSSR count). The van der Waals surface area contributed by atoms with E-state index >= 15 is 0 Å². The molecule has 0 bridgehead atoms. The van der Waals surface area contributed by atoms with Crippen molar-refractivity contribution in [3.8, 4) is 0 Å². The van der Waals surface area contributed by atoms with E-state index in [1.165, 1.54) is 6.42 Å². The minimum absolute atomic E-state index is 0. The zero-order chi connectivity index (χ0) is 10.5. The average molecular weight is 249 g/mol. The van der Waals surface area contributed by atoms with E-state index < -0.39 is 0 Å². The maximum absolute atomic E-state index is 11.7. The van der Waals surface area contributed by atoms with Gasteiger partial charge in [0.15, 0.2) is 0 Å². The van der Waals surface area contributed by atoms with Crippen LogP contribution in [0.4, 0.5) is 0 Å². The molecule has 16 heavy (non-hydrogen) atoms. The fourth-order valence-electron chi connectivity index (χ4n) is 2.23. The fourth-order valence-corrected chi connectivity index (χ4v) is 2.23. The molecule has 2 N–H and O–H groups in total. The third-order valence-corrected chi connectivity index (χ3v) is 3.26. The normalized spacial score (nSPS) is 29.5. The Bertz CT molecular complexity index is 214. The van der Waals surface area contributed by atoms with Gasteiger partial charge in [0.25, 0.3) is 0 Å². The van der Waals surface area contributed by atoms with Crippen molar-refractivity contribution < 1.29 is 9.53 Å². The Hall–Kier alpha value is -0.320. The van der Waals surface area contributed by atoms with Crippen molar-refractivity contribution in [2.45, 2.75) is 19.3 Å². The number of carbonyl (C=O) groups is 1. The molecular formula is C11H21ClN2O2. The minimum atomic E-state index is 0. The van der Waals surface area contributed by atoms with E-state index in [-0.39, 0.29) is 24.2 Å². The van der Waals surface area contributed by atoms with Gasteiger partial charge in [-0.3, -0.25) is 4.79 Å². The first-order chi connectivity index (χ1) is 7.36. The van der Waals surface area contributed by atoms with E-state index in [2.05, 4.69) is 10.6 Å². The molecule has 5 heteroatoms. The summed E-state index contributed by atoms with van der Waals surface area (Å²) >= 11 is 0. The standard InChI is InChI=1S/C11H20N2O2.ClH/c14-11(10-2-1-5-15-8-10)13-7-9-3-4-12-6-9;/h9-10,12H,1-8H2,(H,13,14);1H. The minimum Gasteiger partial charge on any atom is -0.381 e. The van der Waals surface area contributed by atoms with Crippen molar-refractivity contribution in [1.29, 1.82) is 0 Å². The van der Waals surface area contributed by atoms with E-state index in [9.17, 15) is 4.79 Å². The van der Waals surface area contributed by atoms with E-state index in [4.69, 9.17) is 4.74 Å². The van der Waals surface area contributed by atoms with Crippen LogP contribution in [0.3, 0.4) is 0 Å². The molecule has 0 radical (unpaired) electrons.